The van der Waals surface area contributed by atoms with Gasteiger partial charge in [0.2, 0.25) is 0 Å². The molecule has 0 unspecified atom stereocenters. The third-order valence-electron chi connectivity index (χ3n) is 2.90. The van der Waals surface area contributed by atoms with E-state index < -0.39 is 23.7 Å². The Morgan fingerprint density at radius 3 is 2.50 bits per heavy atom. The summed E-state index contributed by atoms with van der Waals surface area (Å²) in [5.41, 5.74) is 5.56. The monoisotopic (exact) mass is 375 g/mol. The van der Waals surface area contributed by atoms with Gasteiger partial charge in [-0.25, -0.2) is 13.8 Å². The minimum Gasteiger partial charge on any atom is -0.489 e. The van der Waals surface area contributed by atoms with Crippen LogP contribution in [0, 0.1) is 11.6 Å². The summed E-state index contributed by atoms with van der Waals surface area (Å²) in [6.07, 6.45) is -4.85. The van der Waals surface area contributed by atoms with Gasteiger partial charge in [-0.2, -0.15) is 0 Å². The lowest BCUT2D eigenvalue weighted by Crippen LogP contribution is -2.25. The summed E-state index contributed by atoms with van der Waals surface area (Å²) >= 11 is 0. The summed E-state index contributed by atoms with van der Waals surface area (Å²) in [6, 6.07) is 8.13. The van der Waals surface area contributed by atoms with Crippen molar-refractivity contribution in [3.63, 3.8) is 0 Å². The number of guanidine groups is 1. The van der Waals surface area contributed by atoms with Crippen LogP contribution < -0.4 is 20.5 Å². The van der Waals surface area contributed by atoms with E-state index in [1.54, 1.807) is 0 Å². The van der Waals surface area contributed by atoms with Gasteiger partial charge in [0.15, 0.2) is 23.3 Å². The van der Waals surface area contributed by atoms with Crippen molar-refractivity contribution >= 4 is 11.6 Å². The van der Waals surface area contributed by atoms with Crippen molar-refractivity contribution in [3.05, 3.63) is 54.1 Å². The Morgan fingerprint density at radius 1 is 1.08 bits per heavy atom. The molecule has 3 N–H and O–H groups in total. The SMILES string of the molecule is NC(=NCCOc1ccc(F)cc1F)Nc1ccccc1OC(F)(F)F. The van der Waals surface area contributed by atoms with Crippen molar-refractivity contribution in [2.45, 2.75) is 6.36 Å². The Balaban J connectivity index is 1.90. The normalized spacial score (nSPS) is 12.0. The molecule has 0 fully saturated rings. The number of hydrogen-bond donors (Lipinski definition) is 2. The Morgan fingerprint density at radius 2 is 1.81 bits per heavy atom. The number of aliphatic imine (C=N–C) groups is 1. The molecule has 140 valence electrons. The Hall–Kier alpha value is -3.04. The summed E-state index contributed by atoms with van der Waals surface area (Å²) in [5.74, 6) is -2.41. The van der Waals surface area contributed by atoms with Gasteiger partial charge < -0.3 is 20.5 Å². The first kappa shape index (κ1) is 19.3. The van der Waals surface area contributed by atoms with Crippen LogP contribution in [0.5, 0.6) is 11.5 Å². The lowest BCUT2D eigenvalue weighted by molar-refractivity contribution is -0.274. The van der Waals surface area contributed by atoms with Crippen LogP contribution in [0.4, 0.5) is 27.6 Å². The zero-order valence-electron chi connectivity index (χ0n) is 13.2. The number of nitrogens with two attached hydrogens (primary N) is 1. The first-order chi connectivity index (χ1) is 12.2. The van der Waals surface area contributed by atoms with Gasteiger partial charge in [0.1, 0.15) is 12.4 Å². The minimum absolute atomic E-state index is 0.0159. The predicted octanol–water partition coefficient (Wildman–Crippen LogP) is 3.67. The van der Waals surface area contributed by atoms with E-state index in [1.807, 2.05) is 0 Å². The van der Waals surface area contributed by atoms with Crippen LogP contribution in [-0.4, -0.2) is 25.5 Å². The van der Waals surface area contributed by atoms with E-state index in [2.05, 4.69) is 15.0 Å². The number of nitrogens with zero attached hydrogens (tertiary/aromatic N) is 1. The first-order valence-corrected chi connectivity index (χ1v) is 7.24. The van der Waals surface area contributed by atoms with Gasteiger partial charge in [-0.05, 0) is 24.3 Å². The summed E-state index contributed by atoms with van der Waals surface area (Å²) < 4.78 is 72.1. The van der Waals surface area contributed by atoms with Crippen LogP contribution in [0.25, 0.3) is 0 Å². The van der Waals surface area contributed by atoms with E-state index in [0.717, 1.165) is 18.2 Å². The molecule has 0 aliphatic rings. The average molecular weight is 375 g/mol. The molecule has 0 amide bonds. The Bertz CT molecular complexity index is 781. The number of rotatable bonds is 6. The van der Waals surface area contributed by atoms with Gasteiger partial charge in [0.05, 0.1) is 12.2 Å². The molecular weight excluding hydrogens is 361 g/mol. The van der Waals surface area contributed by atoms with Gasteiger partial charge >= 0.3 is 6.36 Å². The van der Waals surface area contributed by atoms with E-state index >= 15 is 0 Å². The smallest absolute Gasteiger partial charge is 0.489 e. The van der Waals surface area contributed by atoms with Crippen LogP contribution in [0.15, 0.2) is 47.5 Å². The Labute approximate surface area is 145 Å². The summed E-state index contributed by atoms with van der Waals surface area (Å²) in [7, 11) is 0. The number of benzene rings is 2. The zero-order valence-corrected chi connectivity index (χ0v) is 13.2. The fourth-order valence-electron chi connectivity index (χ4n) is 1.88. The molecule has 0 aromatic heterocycles. The van der Waals surface area contributed by atoms with Crippen LogP contribution in [0.2, 0.25) is 0 Å². The molecule has 0 heterocycles. The van der Waals surface area contributed by atoms with Crippen LogP contribution in [0.1, 0.15) is 0 Å². The van der Waals surface area contributed by atoms with E-state index in [0.29, 0.717) is 6.07 Å². The number of halogens is 5. The van der Waals surface area contributed by atoms with E-state index in [-0.39, 0.29) is 30.5 Å². The quantitative estimate of drug-likeness (QED) is 0.350. The fourth-order valence-corrected chi connectivity index (χ4v) is 1.88. The number of para-hydroxylation sites is 2. The third kappa shape index (κ3) is 6.11. The molecular formula is C16H14F5N3O2. The first-order valence-electron chi connectivity index (χ1n) is 7.24. The fraction of sp³-hybridized carbons (Fsp3) is 0.188. The van der Waals surface area contributed by atoms with Crippen LogP contribution in [-0.2, 0) is 0 Å². The van der Waals surface area contributed by atoms with Crippen LogP contribution in [0.3, 0.4) is 0 Å². The molecule has 2 aromatic rings. The summed E-state index contributed by atoms with van der Waals surface area (Å²) in [5, 5.41) is 2.47. The van der Waals surface area contributed by atoms with Gasteiger partial charge in [-0.15, -0.1) is 13.2 Å². The average Bonchev–Trinajstić information content (AvgIpc) is 2.54. The number of alkyl halides is 3. The molecule has 0 bridgehead atoms. The highest BCUT2D eigenvalue weighted by molar-refractivity contribution is 5.93. The van der Waals surface area contributed by atoms with E-state index in [9.17, 15) is 22.0 Å². The summed E-state index contributed by atoms with van der Waals surface area (Å²) in [6.45, 7) is -0.0937. The van der Waals surface area contributed by atoms with Crippen LogP contribution >= 0.6 is 0 Å². The molecule has 2 aromatic carbocycles. The lowest BCUT2D eigenvalue weighted by Gasteiger charge is -2.14. The zero-order chi connectivity index (χ0) is 19.2. The van der Waals surface area contributed by atoms with Gasteiger partial charge in [0, 0.05) is 6.07 Å². The van der Waals surface area contributed by atoms with Crippen molar-refractivity contribution < 1.29 is 31.4 Å². The lowest BCUT2D eigenvalue weighted by atomic mass is 10.3. The van der Waals surface area contributed by atoms with E-state index in [1.165, 1.54) is 18.2 Å². The maximum Gasteiger partial charge on any atom is 0.573 e. The van der Waals surface area contributed by atoms with E-state index in [4.69, 9.17) is 10.5 Å². The molecule has 26 heavy (non-hydrogen) atoms. The van der Waals surface area contributed by atoms with Crippen molar-refractivity contribution in [1.82, 2.24) is 0 Å². The molecule has 0 saturated carbocycles. The molecule has 0 spiro atoms. The van der Waals surface area contributed by atoms with Crippen molar-refractivity contribution in [3.8, 4) is 11.5 Å². The standard InChI is InChI=1S/C16H14F5N3O2/c17-10-5-6-13(11(18)9-10)25-8-7-23-15(22)24-12-3-1-2-4-14(12)26-16(19,20)21/h1-6,9H,7-8H2,(H3,22,23,24). The maximum absolute atomic E-state index is 13.4. The van der Waals surface area contributed by atoms with Gasteiger partial charge in [-0.3, -0.25) is 0 Å². The van der Waals surface area contributed by atoms with Crippen molar-refractivity contribution in [2.24, 2.45) is 10.7 Å². The second-order valence-corrected chi connectivity index (χ2v) is 4.86. The highest BCUT2D eigenvalue weighted by atomic mass is 19.4. The largest absolute Gasteiger partial charge is 0.573 e. The third-order valence-corrected chi connectivity index (χ3v) is 2.90. The predicted molar refractivity (Wildman–Crippen MR) is 85.1 cm³/mol. The minimum atomic E-state index is -4.85. The van der Waals surface area contributed by atoms with Crippen molar-refractivity contribution in [2.75, 3.05) is 18.5 Å². The molecule has 0 radical (unpaired) electrons. The van der Waals surface area contributed by atoms with Gasteiger partial charge in [0.25, 0.3) is 0 Å². The highest BCUT2D eigenvalue weighted by Gasteiger charge is 2.32. The molecule has 0 saturated heterocycles. The second kappa shape index (κ2) is 8.37. The molecule has 0 atom stereocenters. The molecule has 2 rings (SSSR count). The number of anilines is 1. The van der Waals surface area contributed by atoms with Gasteiger partial charge in [-0.1, -0.05) is 12.1 Å². The number of hydrogen-bond acceptors (Lipinski definition) is 3. The molecule has 5 nitrogen and oxygen atoms in total. The summed E-state index contributed by atoms with van der Waals surface area (Å²) in [4.78, 5) is 3.84. The number of nitrogens with one attached hydrogen (secondary N) is 1. The maximum atomic E-state index is 13.4. The highest BCUT2D eigenvalue weighted by Crippen LogP contribution is 2.29. The number of ether oxygens (including phenoxy) is 2. The topological polar surface area (TPSA) is 68.9 Å². The molecule has 0 aliphatic carbocycles. The van der Waals surface area contributed by atoms with Crippen molar-refractivity contribution in [1.29, 1.82) is 0 Å². The Kier molecular flexibility index (Phi) is 6.21. The molecule has 0 aliphatic heterocycles. The molecule has 10 heteroatoms. The second-order valence-electron chi connectivity index (χ2n) is 4.86.